The van der Waals surface area contributed by atoms with Crippen molar-refractivity contribution < 1.29 is 9.59 Å². The van der Waals surface area contributed by atoms with E-state index in [0.29, 0.717) is 13.1 Å². The molecular formula is C21H21N5O2. The van der Waals surface area contributed by atoms with Crippen molar-refractivity contribution in [2.75, 3.05) is 5.32 Å². The van der Waals surface area contributed by atoms with E-state index >= 15 is 0 Å². The van der Waals surface area contributed by atoms with Gasteiger partial charge in [-0.2, -0.15) is 5.10 Å². The van der Waals surface area contributed by atoms with Gasteiger partial charge in [0.15, 0.2) is 0 Å². The van der Waals surface area contributed by atoms with E-state index in [4.69, 9.17) is 0 Å². The Labute approximate surface area is 163 Å². The molecular weight excluding hydrogens is 354 g/mol. The third kappa shape index (κ3) is 5.91. The van der Waals surface area contributed by atoms with Crippen LogP contribution >= 0.6 is 0 Å². The van der Waals surface area contributed by atoms with Crippen LogP contribution < -0.4 is 10.6 Å². The van der Waals surface area contributed by atoms with Crippen molar-refractivity contribution in [3.63, 3.8) is 0 Å². The summed E-state index contributed by atoms with van der Waals surface area (Å²) in [7, 11) is 0. The zero-order chi connectivity index (χ0) is 19.8. The topological polar surface area (TPSA) is 88.9 Å². The lowest BCUT2D eigenvalue weighted by atomic mass is 10.1. The number of anilines is 1. The highest BCUT2D eigenvalue weighted by Gasteiger charge is 2.00. The first-order valence-corrected chi connectivity index (χ1v) is 8.82. The number of rotatable bonds is 7. The highest BCUT2D eigenvalue weighted by molar-refractivity contribution is 5.92. The van der Waals surface area contributed by atoms with Crippen LogP contribution in [0.1, 0.15) is 23.6 Å². The summed E-state index contributed by atoms with van der Waals surface area (Å²) in [4.78, 5) is 26.9. The molecule has 0 saturated carbocycles. The number of nitrogens with one attached hydrogen (secondary N) is 2. The lowest BCUT2D eigenvalue weighted by Gasteiger charge is -2.05. The fraction of sp³-hybridized carbons (Fsp3) is 0.143. The second-order valence-electron chi connectivity index (χ2n) is 6.26. The summed E-state index contributed by atoms with van der Waals surface area (Å²) in [5.41, 5.74) is 3.73. The van der Waals surface area contributed by atoms with Gasteiger partial charge in [-0.05, 0) is 34.9 Å². The van der Waals surface area contributed by atoms with Crippen LogP contribution in [0.25, 0.3) is 6.08 Å². The molecule has 3 aromatic rings. The molecule has 7 heteroatoms. The first-order chi connectivity index (χ1) is 13.6. The third-order valence-electron chi connectivity index (χ3n) is 3.96. The van der Waals surface area contributed by atoms with E-state index in [-0.39, 0.29) is 11.8 Å². The van der Waals surface area contributed by atoms with E-state index in [1.165, 1.54) is 19.3 Å². The maximum Gasteiger partial charge on any atom is 0.244 e. The summed E-state index contributed by atoms with van der Waals surface area (Å²) in [6.45, 7) is 2.58. The number of carbonyl (C=O) groups excluding carboxylic acids is 2. The number of amides is 2. The average molecular weight is 375 g/mol. The van der Waals surface area contributed by atoms with Gasteiger partial charge in [0, 0.05) is 25.2 Å². The summed E-state index contributed by atoms with van der Waals surface area (Å²) in [5.74, 6) is -0.285. The number of aromatic nitrogens is 3. The van der Waals surface area contributed by atoms with Crippen molar-refractivity contribution >= 4 is 23.6 Å². The number of carbonyl (C=O) groups is 2. The smallest absolute Gasteiger partial charge is 0.244 e. The molecule has 0 fully saturated rings. The molecule has 0 aliphatic heterocycles. The van der Waals surface area contributed by atoms with Gasteiger partial charge in [-0.3, -0.25) is 9.59 Å². The van der Waals surface area contributed by atoms with E-state index in [0.717, 1.165) is 22.4 Å². The van der Waals surface area contributed by atoms with Crippen LogP contribution in [0.15, 0.2) is 67.3 Å². The normalized spacial score (nSPS) is 10.8. The molecule has 0 atom stereocenters. The second kappa shape index (κ2) is 9.27. The maximum atomic E-state index is 12.0. The van der Waals surface area contributed by atoms with Gasteiger partial charge >= 0.3 is 0 Å². The Kier molecular flexibility index (Phi) is 6.30. The molecule has 0 radical (unpaired) electrons. The molecule has 0 saturated heterocycles. The molecule has 142 valence electrons. The minimum absolute atomic E-state index is 0.117. The van der Waals surface area contributed by atoms with Crippen LogP contribution in [-0.4, -0.2) is 26.6 Å². The van der Waals surface area contributed by atoms with Crippen LogP contribution in [0.3, 0.4) is 0 Å². The van der Waals surface area contributed by atoms with Crippen molar-refractivity contribution in [2.45, 2.75) is 20.0 Å². The Morgan fingerprint density at radius 3 is 2.39 bits per heavy atom. The molecule has 0 aliphatic carbocycles. The van der Waals surface area contributed by atoms with Crippen LogP contribution in [0.4, 0.5) is 5.69 Å². The lowest BCUT2D eigenvalue weighted by Crippen LogP contribution is -2.20. The SMILES string of the molecule is CC(=O)Nc1ccc(/C=C/C(=O)NCc2ccc(Cn3cncn3)cc2)cc1. The largest absolute Gasteiger partial charge is 0.348 e. The molecule has 1 heterocycles. The summed E-state index contributed by atoms with van der Waals surface area (Å²) >= 11 is 0. The molecule has 0 spiro atoms. The summed E-state index contributed by atoms with van der Waals surface area (Å²) in [6, 6.07) is 15.2. The van der Waals surface area contributed by atoms with Gasteiger partial charge in [0.1, 0.15) is 12.7 Å². The minimum Gasteiger partial charge on any atom is -0.348 e. The predicted octanol–water partition coefficient (Wildman–Crippen LogP) is 2.61. The van der Waals surface area contributed by atoms with E-state index in [1.807, 2.05) is 36.4 Å². The first-order valence-electron chi connectivity index (χ1n) is 8.82. The average Bonchev–Trinajstić information content (AvgIpc) is 3.19. The lowest BCUT2D eigenvalue weighted by molar-refractivity contribution is -0.116. The van der Waals surface area contributed by atoms with Crippen LogP contribution in [0, 0.1) is 0 Å². The molecule has 2 aromatic carbocycles. The number of nitrogens with zero attached hydrogens (tertiary/aromatic N) is 3. The minimum atomic E-state index is -0.169. The fourth-order valence-corrected chi connectivity index (χ4v) is 2.56. The first kappa shape index (κ1) is 19.0. The molecule has 7 nitrogen and oxygen atoms in total. The van der Waals surface area contributed by atoms with E-state index in [9.17, 15) is 9.59 Å². The maximum absolute atomic E-state index is 12.0. The molecule has 0 unspecified atom stereocenters. The quantitative estimate of drug-likeness (QED) is 0.621. The van der Waals surface area contributed by atoms with Gasteiger partial charge in [-0.1, -0.05) is 36.4 Å². The molecule has 3 rings (SSSR count). The van der Waals surface area contributed by atoms with Crippen molar-refractivity contribution in [3.05, 3.63) is 84.0 Å². The molecule has 28 heavy (non-hydrogen) atoms. The summed E-state index contributed by atoms with van der Waals surface area (Å²) in [6.07, 6.45) is 6.41. The van der Waals surface area contributed by atoms with Gasteiger partial charge in [-0.15, -0.1) is 0 Å². The molecule has 0 aliphatic rings. The Hall–Kier alpha value is -3.74. The second-order valence-corrected chi connectivity index (χ2v) is 6.26. The summed E-state index contributed by atoms with van der Waals surface area (Å²) < 4.78 is 1.75. The highest BCUT2D eigenvalue weighted by atomic mass is 16.2. The van der Waals surface area contributed by atoms with Crippen molar-refractivity contribution in [2.24, 2.45) is 0 Å². The van der Waals surface area contributed by atoms with Crippen LogP contribution in [0.2, 0.25) is 0 Å². The van der Waals surface area contributed by atoms with E-state index in [2.05, 4.69) is 20.7 Å². The fourth-order valence-electron chi connectivity index (χ4n) is 2.56. The van der Waals surface area contributed by atoms with Crippen molar-refractivity contribution in [3.8, 4) is 0 Å². The Bertz CT molecular complexity index is 945. The number of hydrogen-bond donors (Lipinski definition) is 2. The number of benzene rings is 2. The van der Waals surface area contributed by atoms with Gasteiger partial charge in [-0.25, -0.2) is 9.67 Å². The summed E-state index contributed by atoms with van der Waals surface area (Å²) in [5, 5.41) is 9.64. The zero-order valence-corrected chi connectivity index (χ0v) is 15.5. The monoisotopic (exact) mass is 375 g/mol. The highest BCUT2D eigenvalue weighted by Crippen LogP contribution is 2.11. The van der Waals surface area contributed by atoms with Gasteiger partial charge in [0.2, 0.25) is 11.8 Å². The van der Waals surface area contributed by atoms with Crippen LogP contribution in [-0.2, 0) is 22.7 Å². The number of hydrogen-bond acceptors (Lipinski definition) is 4. The van der Waals surface area contributed by atoms with Gasteiger partial charge < -0.3 is 10.6 Å². The standard InChI is InChI=1S/C21H21N5O2/c1-16(27)25-20-9-6-17(7-10-20)8-11-21(28)23-12-18-2-4-19(5-3-18)13-26-15-22-14-24-26/h2-11,14-15H,12-13H2,1H3,(H,23,28)(H,25,27)/b11-8+. The van der Waals surface area contributed by atoms with Gasteiger partial charge in [0.25, 0.3) is 0 Å². The zero-order valence-electron chi connectivity index (χ0n) is 15.5. The molecule has 0 bridgehead atoms. The van der Waals surface area contributed by atoms with Crippen LogP contribution in [0.5, 0.6) is 0 Å². The molecule has 2 amide bonds. The van der Waals surface area contributed by atoms with E-state index in [1.54, 1.807) is 29.2 Å². The van der Waals surface area contributed by atoms with Crippen molar-refractivity contribution in [1.82, 2.24) is 20.1 Å². The molecule has 2 N–H and O–H groups in total. The molecule has 1 aromatic heterocycles. The predicted molar refractivity (Wildman–Crippen MR) is 107 cm³/mol. The van der Waals surface area contributed by atoms with Gasteiger partial charge in [0.05, 0.1) is 6.54 Å². The van der Waals surface area contributed by atoms with Crippen molar-refractivity contribution in [1.29, 1.82) is 0 Å². The van der Waals surface area contributed by atoms with E-state index < -0.39 is 0 Å². The third-order valence-corrected chi connectivity index (χ3v) is 3.96. The Balaban J connectivity index is 1.47. The Morgan fingerprint density at radius 2 is 1.75 bits per heavy atom. The Morgan fingerprint density at radius 1 is 1.04 bits per heavy atom.